The van der Waals surface area contributed by atoms with E-state index in [0.29, 0.717) is 18.7 Å². The minimum absolute atomic E-state index is 0.166. The summed E-state index contributed by atoms with van der Waals surface area (Å²) in [5, 5.41) is 9.38. The zero-order valence-corrected chi connectivity index (χ0v) is 10.4. The Labute approximate surface area is 101 Å². The lowest BCUT2D eigenvalue weighted by atomic mass is 10.3. The van der Waals surface area contributed by atoms with E-state index in [1.54, 1.807) is 12.1 Å². The molecule has 1 aliphatic rings. The van der Waals surface area contributed by atoms with Gasteiger partial charge in [-0.1, -0.05) is 6.07 Å². The summed E-state index contributed by atoms with van der Waals surface area (Å²) in [4.78, 5) is 0.200. The third-order valence-electron chi connectivity index (χ3n) is 2.81. The number of hydrogen-bond donors (Lipinski definition) is 1. The van der Waals surface area contributed by atoms with Gasteiger partial charge in [-0.3, -0.25) is 0 Å². The van der Waals surface area contributed by atoms with E-state index >= 15 is 0 Å². The number of β-amino-alcohol motifs (C(OH)–C–C–N with tert-alkyl or cyclic N) is 1. The molecule has 1 aliphatic heterocycles. The van der Waals surface area contributed by atoms with Crippen molar-refractivity contribution in [1.82, 2.24) is 4.31 Å². The third kappa shape index (κ3) is 2.43. The highest BCUT2D eigenvalue weighted by molar-refractivity contribution is 7.89. The Morgan fingerprint density at radius 3 is 2.82 bits per heavy atom. The van der Waals surface area contributed by atoms with Gasteiger partial charge in [0, 0.05) is 19.2 Å². The summed E-state index contributed by atoms with van der Waals surface area (Å²) >= 11 is 0. The topological polar surface area (TPSA) is 66.8 Å². The van der Waals surface area contributed by atoms with Crippen LogP contribution in [0.3, 0.4) is 0 Å². The van der Waals surface area contributed by atoms with Crippen molar-refractivity contribution < 1.29 is 18.3 Å². The smallest absolute Gasteiger partial charge is 0.243 e. The van der Waals surface area contributed by atoms with Crippen molar-refractivity contribution in [3.63, 3.8) is 0 Å². The molecule has 1 aromatic carbocycles. The van der Waals surface area contributed by atoms with Crippen LogP contribution < -0.4 is 4.74 Å². The Hall–Kier alpha value is -1.11. The molecule has 6 heteroatoms. The van der Waals surface area contributed by atoms with Gasteiger partial charge < -0.3 is 9.84 Å². The maximum atomic E-state index is 12.2. The lowest BCUT2D eigenvalue weighted by Crippen LogP contribution is -2.29. The molecule has 0 saturated carbocycles. The largest absolute Gasteiger partial charge is 0.497 e. The van der Waals surface area contributed by atoms with Gasteiger partial charge in [0.2, 0.25) is 10.0 Å². The summed E-state index contributed by atoms with van der Waals surface area (Å²) in [6.07, 6.45) is -0.0705. The van der Waals surface area contributed by atoms with Gasteiger partial charge >= 0.3 is 0 Å². The molecule has 94 valence electrons. The number of sulfonamides is 1. The average Bonchev–Trinajstić information content (AvgIpc) is 2.76. The second-order valence-electron chi connectivity index (χ2n) is 3.98. The molecule has 0 bridgehead atoms. The number of hydrogen-bond acceptors (Lipinski definition) is 4. The molecule has 1 heterocycles. The molecule has 0 aromatic heterocycles. The lowest BCUT2D eigenvalue weighted by molar-refractivity contribution is 0.189. The molecule has 1 atom stereocenters. The molecular weight excluding hydrogens is 242 g/mol. The highest BCUT2D eigenvalue weighted by atomic mass is 32.2. The summed E-state index contributed by atoms with van der Waals surface area (Å²) < 4.78 is 30.7. The molecule has 0 spiro atoms. The molecule has 1 saturated heterocycles. The third-order valence-corrected chi connectivity index (χ3v) is 4.67. The Morgan fingerprint density at radius 1 is 1.47 bits per heavy atom. The predicted octanol–water partition coefficient (Wildman–Crippen LogP) is 0.450. The molecule has 2 rings (SSSR count). The molecule has 0 unspecified atom stereocenters. The Morgan fingerprint density at radius 2 is 2.24 bits per heavy atom. The van der Waals surface area contributed by atoms with Crippen LogP contribution in [0.1, 0.15) is 6.42 Å². The van der Waals surface area contributed by atoms with Crippen LogP contribution in [-0.4, -0.2) is 44.1 Å². The summed E-state index contributed by atoms with van der Waals surface area (Å²) in [5.74, 6) is 0.505. The second kappa shape index (κ2) is 4.64. The summed E-state index contributed by atoms with van der Waals surface area (Å²) in [6, 6.07) is 6.35. The van der Waals surface area contributed by atoms with Gasteiger partial charge in [0.05, 0.1) is 18.1 Å². The van der Waals surface area contributed by atoms with E-state index in [2.05, 4.69) is 0 Å². The summed E-state index contributed by atoms with van der Waals surface area (Å²) in [7, 11) is -2.02. The number of nitrogens with zero attached hydrogens (tertiary/aromatic N) is 1. The lowest BCUT2D eigenvalue weighted by Gasteiger charge is -2.16. The molecule has 1 aromatic rings. The van der Waals surface area contributed by atoms with Crippen LogP contribution in [0.25, 0.3) is 0 Å². The molecule has 1 N–H and O–H groups in total. The van der Waals surface area contributed by atoms with Gasteiger partial charge in [0.25, 0.3) is 0 Å². The minimum atomic E-state index is -3.51. The van der Waals surface area contributed by atoms with Crippen LogP contribution in [0.2, 0.25) is 0 Å². The Bertz CT molecular complexity index is 500. The maximum Gasteiger partial charge on any atom is 0.243 e. The van der Waals surface area contributed by atoms with Gasteiger partial charge in [-0.25, -0.2) is 8.42 Å². The van der Waals surface area contributed by atoms with E-state index in [9.17, 15) is 13.5 Å². The van der Waals surface area contributed by atoms with Gasteiger partial charge in [-0.2, -0.15) is 4.31 Å². The first kappa shape index (κ1) is 12.3. The van der Waals surface area contributed by atoms with Crippen LogP contribution in [0.5, 0.6) is 5.75 Å². The number of benzene rings is 1. The van der Waals surface area contributed by atoms with E-state index in [4.69, 9.17) is 4.74 Å². The van der Waals surface area contributed by atoms with Gasteiger partial charge in [-0.15, -0.1) is 0 Å². The van der Waals surface area contributed by atoms with Crippen molar-refractivity contribution in [1.29, 1.82) is 0 Å². The number of aliphatic hydroxyl groups is 1. The molecule has 5 nitrogen and oxygen atoms in total. The quantitative estimate of drug-likeness (QED) is 0.853. The van der Waals surface area contributed by atoms with E-state index in [0.717, 1.165) is 0 Å². The standard InChI is InChI=1S/C11H15NO4S/c1-16-10-3-2-4-11(7-10)17(14,15)12-6-5-9(13)8-12/h2-4,7,9,13H,5-6,8H2,1H3/t9-/m0/s1. The van der Waals surface area contributed by atoms with Gasteiger partial charge in [-0.05, 0) is 18.6 Å². The van der Waals surface area contributed by atoms with Crippen molar-refractivity contribution in [2.24, 2.45) is 0 Å². The number of aliphatic hydroxyl groups excluding tert-OH is 1. The first-order valence-electron chi connectivity index (χ1n) is 5.36. The highest BCUT2D eigenvalue weighted by Crippen LogP contribution is 2.23. The fourth-order valence-corrected chi connectivity index (χ4v) is 3.37. The van der Waals surface area contributed by atoms with E-state index in [-0.39, 0.29) is 11.4 Å². The predicted molar refractivity (Wildman–Crippen MR) is 62.4 cm³/mol. The normalized spacial score (nSPS) is 21.6. The zero-order valence-electron chi connectivity index (χ0n) is 9.54. The van der Waals surface area contributed by atoms with Gasteiger partial charge in [0.15, 0.2) is 0 Å². The molecule has 0 aliphatic carbocycles. The number of ether oxygens (including phenoxy) is 1. The Balaban J connectivity index is 2.31. The maximum absolute atomic E-state index is 12.2. The van der Waals surface area contributed by atoms with Crippen molar-refractivity contribution in [2.75, 3.05) is 20.2 Å². The first-order chi connectivity index (χ1) is 8.04. The highest BCUT2D eigenvalue weighted by Gasteiger charge is 2.31. The minimum Gasteiger partial charge on any atom is -0.497 e. The Kier molecular flexibility index (Phi) is 3.37. The van der Waals surface area contributed by atoms with Crippen molar-refractivity contribution in [3.05, 3.63) is 24.3 Å². The molecule has 17 heavy (non-hydrogen) atoms. The fourth-order valence-electron chi connectivity index (χ4n) is 1.84. The van der Waals surface area contributed by atoms with Gasteiger partial charge in [0.1, 0.15) is 5.75 Å². The average molecular weight is 257 g/mol. The van der Waals surface area contributed by atoms with Crippen molar-refractivity contribution in [3.8, 4) is 5.75 Å². The van der Waals surface area contributed by atoms with E-state index in [1.807, 2.05) is 0 Å². The van der Waals surface area contributed by atoms with E-state index in [1.165, 1.54) is 23.5 Å². The van der Waals surface area contributed by atoms with Crippen molar-refractivity contribution in [2.45, 2.75) is 17.4 Å². The van der Waals surface area contributed by atoms with E-state index < -0.39 is 16.1 Å². The van der Waals surface area contributed by atoms with Crippen LogP contribution in [0.4, 0.5) is 0 Å². The summed E-state index contributed by atoms with van der Waals surface area (Å²) in [6.45, 7) is 0.528. The summed E-state index contributed by atoms with van der Waals surface area (Å²) in [5.41, 5.74) is 0. The van der Waals surface area contributed by atoms with Crippen molar-refractivity contribution >= 4 is 10.0 Å². The SMILES string of the molecule is COc1cccc(S(=O)(=O)N2CC[C@H](O)C2)c1. The molecule has 1 fully saturated rings. The molecule has 0 radical (unpaired) electrons. The fraction of sp³-hybridized carbons (Fsp3) is 0.455. The van der Waals surface area contributed by atoms with Crippen LogP contribution in [0, 0.1) is 0 Å². The molecule has 0 amide bonds. The monoisotopic (exact) mass is 257 g/mol. The second-order valence-corrected chi connectivity index (χ2v) is 5.92. The van der Waals surface area contributed by atoms with Crippen LogP contribution in [-0.2, 0) is 10.0 Å². The zero-order chi connectivity index (χ0) is 12.5. The molecular formula is C11H15NO4S. The number of rotatable bonds is 3. The first-order valence-corrected chi connectivity index (χ1v) is 6.80. The van der Waals surface area contributed by atoms with Crippen LogP contribution >= 0.6 is 0 Å². The number of methoxy groups -OCH3 is 1. The van der Waals surface area contributed by atoms with Crippen LogP contribution in [0.15, 0.2) is 29.2 Å².